The van der Waals surface area contributed by atoms with Crippen LogP contribution < -0.4 is 0 Å². The molecule has 0 aromatic carbocycles. The molecule has 17 heavy (non-hydrogen) atoms. The molecular formula is C12H18BrN3O. The Hall–Kier alpha value is -0.490. The standard InChI is InChI=1S/C12H18BrN3O/c13-12-7-11(8-14-9-12)10-16-3-1-15(2-4-16)5-6-17/h7-9,17H,1-6,10H2. The summed E-state index contributed by atoms with van der Waals surface area (Å²) in [6.07, 6.45) is 3.73. The van der Waals surface area contributed by atoms with Crippen LogP contribution in [0.5, 0.6) is 0 Å². The van der Waals surface area contributed by atoms with Gasteiger partial charge in [-0.05, 0) is 27.6 Å². The van der Waals surface area contributed by atoms with Crippen LogP contribution in [-0.2, 0) is 6.54 Å². The molecule has 94 valence electrons. The van der Waals surface area contributed by atoms with Gasteiger partial charge < -0.3 is 5.11 Å². The van der Waals surface area contributed by atoms with E-state index in [1.165, 1.54) is 5.56 Å². The first kappa shape index (κ1) is 13.0. The predicted molar refractivity (Wildman–Crippen MR) is 70.7 cm³/mol. The highest BCUT2D eigenvalue weighted by Crippen LogP contribution is 2.12. The third kappa shape index (κ3) is 4.03. The zero-order valence-corrected chi connectivity index (χ0v) is 11.4. The van der Waals surface area contributed by atoms with Crippen molar-refractivity contribution in [3.05, 3.63) is 28.5 Å². The average Bonchev–Trinajstić information content (AvgIpc) is 2.32. The molecule has 2 heterocycles. The Morgan fingerprint density at radius 2 is 1.88 bits per heavy atom. The van der Waals surface area contributed by atoms with Gasteiger partial charge >= 0.3 is 0 Å². The molecular weight excluding hydrogens is 282 g/mol. The summed E-state index contributed by atoms with van der Waals surface area (Å²) in [5, 5.41) is 8.88. The Bertz CT molecular complexity index is 353. The van der Waals surface area contributed by atoms with Gasteiger partial charge in [0.05, 0.1) is 6.61 Å². The summed E-state index contributed by atoms with van der Waals surface area (Å²) in [6.45, 7) is 6.23. The van der Waals surface area contributed by atoms with Crippen LogP contribution in [0.25, 0.3) is 0 Å². The lowest BCUT2D eigenvalue weighted by atomic mass is 10.2. The van der Waals surface area contributed by atoms with Crippen molar-refractivity contribution in [2.45, 2.75) is 6.54 Å². The minimum absolute atomic E-state index is 0.259. The molecule has 2 rings (SSSR count). The van der Waals surface area contributed by atoms with Gasteiger partial charge in [0.25, 0.3) is 0 Å². The third-order valence-corrected chi connectivity index (χ3v) is 3.48. The number of aliphatic hydroxyl groups is 1. The second kappa shape index (κ2) is 6.44. The van der Waals surface area contributed by atoms with Gasteiger partial charge in [-0.15, -0.1) is 0 Å². The van der Waals surface area contributed by atoms with E-state index in [1.54, 1.807) is 0 Å². The van der Waals surface area contributed by atoms with Crippen molar-refractivity contribution >= 4 is 15.9 Å². The van der Waals surface area contributed by atoms with Gasteiger partial charge in [0.15, 0.2) is 0 Å². The molecule has 1 saturated heterocycles. The Morgan fingerprint density at radius 1 is 1.18 bits per heavy atom. The molecule has 0 saturated carbocycles. The summed E-state index contributed by atoms with van der Waals surface area (Å²) < 4.78 is 1.04. The fourth-order valence-corrected chi connectivity index (χ4v) is 2.53. The monoisotopic (exact) mass is 299 g/mol. The lowest BCUT2D eigenvalue weighted by Gasteiger charge is -2.34. The Kier molecular flexibility index (Phi) is 4.91. The summed E-state index contributed by atoms with van der Waals surface area (Å²) in [5.74, 6) is 0. The third-order valence-electron chi connectivity index (χ3n) is 3.05. The first-order chi connectivity index (χ1) is 8.28. The highest BCUT2D eigenvalue weighted by molar-refractivity contribution is 9.10. The SMILES string of the molecule is OCCN1CCN(Cc2cncc(Br)c2)CC1. The summed E-state index contributed by atoms with van der Waals surface area (Å²) in [4.78, 5) is 8.91. The molecule has 0 unspecified atom stereocenters. The van der Waals surface area contributed by atoms with Crippen LogP contribution in [0.1, 0.15) is 5.56 Å². The number of hydrogen-bond donors (Lipinski definition) is 1. The Morgan fingerprint density at radius 3 is 2.53 bits per heavy atom. The van der Waals surface area contributed by atoms with Gasteiger partial charge in [-0.2, -0.15) is 0 Å². The van der Waals surface area contributed by atoms with E-state index >= 15 is 0 Å². The van der Waals surface area contributed by atoms with Crippen LogP contribution in [0.3, 0.4) is 0 Å². The van der Waals surface area contributed by atoms with E-state index in [0.717, 1.165) is 43.7 Å². The molecule has 0 spiro atoms. The van der Waals surface area contributed by atoms with Crippen molar-refractivity contribution in [3.63, 3.8) is 0 Å². The average molecular weight is 300 g/mol. The molecule has 1 N–H and O–H groups in total. The molecule has 4 nitrogen and oxygen atoms in total. The van der Waals surface area contributed by atoms with E-state index in [4.69, 9.17) is 5.11 Å². The summed E-state index contributed by atoms with van der Waals surface area (Å²) in [7, 11) is 0. The van der Waals surface area contributed by atoms with Crippen LogP contribution in [0, 0.1) is 0 Å². The van der Waals surface area contributed by atoms with Crippen LogP contribution in [-0.4, -0.2) is 59.2 Å². The molecule has 5 heteroatoms. The smallest absolute Gasteiger partial charge is 0.0558 e. The van der Waals surface area contributed by atoms with Crippen LogP contribution in [0.15, 0.2) is 22.9 Å². The summed E-state index contributed by atoms with van der Waals surface area (Å²) in [6, 6.07) is 2.12. The zero-order valence-electron chi connectivity index (χ0n) is 9.85. The molecule has 1 aliphatic rings. The minimum Gasteiger partial charge on any atom is -0.395 e. The van der Waals surface area contributed by atoms with Crippen molar-refractivity contribution in [1.29, 1.82) is 0 Å². The fourth-order valence-electron chi connectivity index (χ4n) is 2.11. The molecule has 1 aliphatic heterocycles. The number of aliphatic hydroxyl groups excluding tert-OH is 1. The van der Waals surface area contributed by atoms with Crippen molar-refractivity contribution in [2.75, 3.05) is 39.3 Å². The number of aromatic nitrogens is 1. The lowest BCUT2D eigenvalue weighted by molar-refractivity contribution is 0.108. The number of nitrogens with zero attached hydrogens (tertiary/aromatic N) is 3. The van der Waals surface area contributed by atoms with Gasteiger partial charge in [-0.3, -0.25) is 14.8 Å². The van der Waals surface area contributed by atoms with E-state index in [2.05, 4.69) is 36.8 Å². The largest absolute Gasteiger partial charge is 0.395 e. The maximum absolute atomic E-state index is 8.88. The quantitative estimate of drug-likeness (QED) is 0.899. The van der Waals surface area contributed by atoms with E-state index < -0.39 is 0 Å². The lowest BCUT2D eigenvalue weighted by Crippen LogP contribution is -2.46. The summed E-state index contributed by atoms with van der Waals surface area (Å²) >= 11 is 3.44. The van der Waals surface area contributed by atoms with E-state index in [-0.39, 0.29) is 6.61 Å². The number of hydrogen-bond acceptors (Lipinski definition) is 4. The molecule has 0 radical (unpaired) electrons. The second-order valence-electron chi connectivity index (χ2n) is 4.35. The van der Waals surface area contributed by atoms with Crippen molar-refractivity contribution in [2.24, 2.45) is 0 Å². The maximum Gasteiger partial charge on any atom is 0.0558 e. The molecule has 0 amide bonds. The van der Waals surface area contributed by atoms with Crippen LogP contribution >= 0.6 is 15.9 Å². The number of rotatable bonds is 4. The zero-order chi connectivity index (χ0) is 12.1. The molecule has 1 fully saturated rings. The Balaban J connectivity index is 1.82. The van der Waals surface area contributed by atoms with E-state index in [0.29, 0.717) is 0 Å². The normalized spacial score (nSPS) is 18.5. The number of pyridine rings is 1. The topological polar surface area (TPSA) is 39.6 Å². The van der Waals surface area contributed by atoms with Gasteiger partial charge in [-0.1, -0.05) is 0 Å². The van der Waals surface area contributed by atoms with Gasteiger partial charge in [0.2, 0.25) is 0 Å². The highest BCUT2D eigenvalue weighted by Gasteiger charge is 2.16. The fraction of sp³-hybridized carbons (Fsp3) is 0.583. The first-order valence-corrected chi connectivity index (χ1v) is 6.72. The van der Waals surface area contributed by atoms with Crippen LogP contribution in [0.2, 0.25) is 0 Å². The van der Waals surface area contributed by atoms with Crippen molar-refractivity contribution < 1.29 is 5.11 Å². The van der Waals surface area contributed by atoms with Gasteiger partial charge in [-0.25, -0.2) is 0 Å². The van der Waals surface area contributed by atoms with Crippen LogP contribution in [0.4, 0.5) is 0 Å². The summed E-state index contributed by atoms with van der Waals surface area (Å²) in [5.41, 5.74) is 1.25. The molecule has 0 aliphatic carbocycles. The first-order valence-electron chi connectivity index (χ1n) is 5.93. The molecule has 0 bridgehead atoms. The number of β-amino-alcohol motifs (C(OH)–C–C–N with tert-alkyl or cyclic N) is 1. The molecule has 1 aromatic heterocycles. The number of piperazine rings is 1. The predicted octanol–water partition coefficient (Wildman–Crippen LogP) is 0.954. The van der Waals surface area contributed by atoms with Crippen molar-refractivity contribution in [3.8, 4) is 0 Å². The minimum atomic E-state index is 0.259. The van der Waals surface area contributed by atoms with Gasteiger partial charge in [0.1, 0.15) is 0 Å². The van der Waals surface area contributed by atoms with Crippen molar-refractivity contribution in [1.82, 2.24) is 14.8 Å². The highest BCUT2D eigenvalue weighted by atomic mass is 79.9. The molecule has 0 atom stereocenters. The maximum atomic E-state index is 8.88. The van der Waals surface area contributed by atoms with Gasteiger partial charge in [0, 0.05) is 56.1 Å². The molecule has 1 aromatic rings. The van der Waals surface area contributed by atoms with E-state index in [1.807, 2.05) is 12.4 Å². The second-order valence-corrected chi connectivity index (χ2v) is 5.27. The Labute approximate surface area is 110 Å². The van der Waals surface area contributed by atoms with E-state index in [9.17, 15) is 0 Å². The number of halogens is 1.